The fourth-order valence-corrected chi connectivity index (χ4v) is 11.8. The van der Waals surface area contributed by atoms with Gasteiger partial charge < -0.3 is 77.1 Å². The maximum atomic E-state index is 14.8. The van der Waals surface area contributed by atoms with Gasteiger partial charge in [0.15, 0.2) is 0 Å². The Morgan fingerprint density at radius 3 is 1.93 bits per heavy atom. The highest BCUT2D eigenvalue weighted by Crippen LogP contribution is 2.30. The summed E-state index contributed by atoms with van der Waals surface area (Å²) in [4.78, 5) is 155. The van der Waals surface area contributed by atoms with E-state index in [0.29, 0.717) is 70.5 Å². The quantitative estimate of drug-likeness (QED) is 0.0328. The summed E-state index contributed by atoms with van der Waals surface area (Å²) in [7, 11) is 7.93. The van der Waals surface area contributed by atoms with Crippen molar-refractivity contribution in [3.63, 3.8) is 0 Å². The van der Waals surface area contributed by atoms with Crippen LogP contribution in [-0.2, 0) is 57.4 Å². The zero-order chi connectivity index (χ0) is 69.1. The van der Waals surface area contributed by atoms with Crippen LogP contribution in [0.1, 0.15) is 132 Å². The first-order chi connectivity index (χ1) is 43.4. The van der Waals surface area contributed by atoms with Crippen molar-refractivity contribution in [2.75, 3.05) is 87.7 Å². The maximum absolute atomic E-state index is 14.8. The lowest BCUT2D eigenvalue weighted by molar-refractivity contribution is -0.148. The van der Waals surface area contributed by atoms with Crippen molar-refractivity contribution in [3.8, 4) is 0 Å². The van der Waals surface area contributed by atoms with Gasteiger partial charge in [-0.25, -0.2) is 4.79 Å². The number of amides is 12. The number of carbonyl (C=O) groups is 11. The molecule has 0 saturated carbocycles. The Kier molecular flexibility index (Phi) is 34.0. The molecular formula is C65H109N13O14. The number of urea groups is 1. The minimum atomic E-state index is -1.24. The number of likely N-dealkylation sites (N-methyl/N-ethyl adjacent to an activating group) is 3. The summed E-state index contributed by atoms with van der Waals surface area (Å²) in [6.45, 7) is 20.2. The van der Waals surface area contributed by atoms with Crippen molar-refractivity contribution < 1.29 is 67.3 Å². The average molecular weight is 1300 g/mol. The number of benzene rings is 1. The van der Waals surface area contributed by atoms with Gasteiger partial charge in [-0.15, -0.1) is 0 Å². The van der Waals surface area contributed by atoms with Gasteiger partial charge >= 0.3 is 6.03 Å². The van der Waals surface area contributed by atoms with Crippen molar-refractivity contribution in [1.29, 1.82) is 0 Å². The minimum Gasteiger partial charge on any atom is -0.386 e. The highest BCUT2D eigenvalue weighted by Gasteiger charge is 2.44. The molecule has 92 heavy (non-hydrogen) atoms. The van der Waals surface area contributed by atoms with Crippen molar-refractivity contribution in [1.82, 2.24) is 61.7 Å². The van der Waals surface area contributed by atoms with Gasteiger partial charge in [-0.3, -0.25) is 52.8 Å². The average Bonchev–Trinajstić information content (AvgIpc) is 1.44. The minimum absolute atomic E-state index is 0.00199. The lowest BCUT2D eigenvalue weighted by Crippen LogP contribution is -2.61. The predicted molar refractivity (Wildman–Crippen MR) is 347 cm³/mol. The number of rotatable bonds is 41. The Hall–Kier alpha value is -7.07. The SMILES string of the molecule is CC[C@H](C)[C@@H]([C@@H](CC(=O)N1CCC[C@H]1[C@H](OC)[C@@H](C)C(=O)N[C@H](C)[C@@H](O)c1ccccc1)OC)N(C)C(=O)[C@@H](NC(=O)[C@H](C(C)C)N(C)C(=O)CNC(=O)[C@H](CCCNC(N)=O)NC(=O)[C@@H](NC(=O)CCNCCN(C)CCCN1C(=O)C=CC1=O)C(C)C)C(C)C. The molecule has 1 saturated heterocycles. The summed E-state index contributed by atoms with van der Waals surface area (Å²) < 4.78 is 12.0. The van der Waals surface area contributed by atoms with E-state index in [1.807, 2.05) is 44.0 Å². The Balaban J connectivity index is 1.68. The molecule has 27 nitrogen and oxygen atoms in total. The van der Waals surface area contributed by atoms with Gasteiger partial charge in [-0.1, -0.05) is 99.1 Å². The van der Waals surface area contributed by atoms with Crippen molar-refractivity contribution in [2.24, 2.45) is 35.3 Å². The van der Waals surface area contributed by atoms with E-state index in [2.05, 4.69) is 37.2 Å². The van der Waals surface area contributed by atoms with Crippen LogP contribution in [0.3, 0.4) is 0 Å². The molecule has 27 heteroatoms. The van der Waals surface area contributed by atoms with Crippen LogP contribution in [0.2, 0.25) is 0 Å². The number of primary amides is 1. The Labute approximate surface area is 544 Å². The molecule has 10 N–H and O–H groups in total. The number of likely N-dealkylation sites (tertiary alicyclic amines) is 1. The first-order valence-corrected chi connectivity index (χ1v) is 32.5. The summed E-state index contributed by atoms with van der Waals surface area (Å²) in [5.41, 5.74) is 5.92. The molecule has 0 bridgehead atoms. The van der Waals surface area contributed by atoms with Crippen LogP contribution in [-0.4, -0.2) is 237 Å². The molecule has 0 spiro atoms. The Bertz CT molecular complexity index is 2610. The fourth-order valence-electron chi connectivity index (χ4n) is 11.8. The first kappa shape index (κ1) is 79.2. The molecule has 0 radical (unpaired) electrons. The number of aliphatic hydroxyl groups excluding tert-OH is 1. The van der Waals surface area contributed by atoms with Crippen LogP contribution in [0.25, 0.3) is 0 Å². The number of methoxy groups -OCH3 is 2. The molecule has 12 amide bonds. The van der Waals surface area contributed by atoms with Crippen molar-refractivity contribution >= 4 is 65.1 Å². The number of ether oxygens (including phenoxy) is 2. The molecule has 3 rings (SSSR count). The van der Waals surface area contributed by atoms with E-state index >= 15 is 0 Å². The van der Waals surface area contributed by atoms with E-state index in [9.17, 15) is 57.8 Å². The van der Waals surface area contributed by atoms with E-state index < -0.39 is 132 Å². The molecule has 12 atom stereocenters. The smallest absolute Gasteiger partial charge is 0.312 e. The molecule has 0 aromatic heterocycles. The normalized spacial score (nSPS) is 17.7. The number of nitrogens with zero attached hydrogens (tertiary/aromatic N) is 5. The molecule has 0 aliphatic carbocycles. The van der Waals surface area contributed by atoms with Gasteiger partial charge in [-0.2, -0.15) is 0 Å². The van der Waals surface area contributed by atoms with Crippen LogP contribution >= 0.6 is 0 Å². The first-order valence-electron chi connectivity index (χ1n) is 32.5. The highest BCUT2D eigenvalue weighted by molar-refractivity contribution is 6.12. The zero-order valence-electron chi connectivity index (χ0n) is 57.1. The van der Waals surface area contributed by atoms with Crippen LogP contribution in [0.5, 0.6) is 0 Å². The number of nitrogens with one attached hydrogen (secondary N) is 7. The van der Waals surface area contributed by atoms with Crippen LogP contribution in [0.15, 0.2) is 42.5 Å². The number of hydrogen-bond acceptors (Lipinski definition) is 16. The van der Waals surface area contributed by atoms with Gasteiger partial charge in [-0.05, 0) is 81.9 Å². The van der Waals surface area contributed by atoms with Gasteiger partial charge in [0.2, 0.25) is 47.3 Å². The van der Waals surface area contributed by atoms with E-state index in [1.54, 1.807) is 79.5 Å². The molecule has 2 heterocycles. The summed E-state index contributed by atoms with van der Waals surface area (Å²) in [5, 5.41) is 30.5. The molecule has 518 valence electrons. The monoisotopic (exact) mass is 1300 g/mol. The lowest BCUT2D eigenvalue weighted by atomic mass is 9.89. The predicted octanol–water partition coefficient (Wildman–Crippen LogP) is 1.19. The molecule has 1 fully saturated rings. The third-order valence-corrected chi connectivity index (χ3v) is 17.5. The molecule has 0 unspecified atom stereocenters. The topological polar surface area (TPSA) is 353 Å². The van der Waals surface area contributed by atoms with Gasteiger partial charge in [0.25, 0.3) is 11.8 Å². The molecule has 2 aliphatic rings. The lowest BCUT2D eigenvalue weighted by Gasteiger charge is -2.41. The number of nitrogens with two attached hydrogens (primary N) is 1. The molecular weight excluding hydrogens is 1190 g/mol. The summed E-state index contributed by atoms with van der Waals surface area (Å²) in [6, 6.07) is 2.02. The van der Waals surface area contributed by atoms with Crippen LogP contribution in [0, 0.1) is 29.6 Å². The van der Waals surface area contributed by atoms with E-state index in [0.717, 1.165) is 0 Å². The van der Waals surface area contributed by atoms with E-state index in [1.165, 1.54) is 48.1 Å². The third-order valence-electron chi connectivity index (χ3n) is 17.5. The zero-order valence-corrected chi connectivity index (χ0v) is 57.1. The Morgan fingerprint density at radius 2 is 1.36 bits per heavy atom. The van der Waals surface area contributed by atoms with Crippen molar-refractivity contribution in [3.05, 3.63) is 48.0 Å². The second-order valence-electron chi connectivity index (χ2n) is 25.5. The summed E-state index contributed by atoms with van der Waals surface area (Å²) >= 11 is 0. The number of carbonyl (C=O) groups excluding carboxylic acids is 11. The second kappa shape index (κ2) is 39.5. The maximum Gasteiger partial charge on any atom is 0.312 e. The molecule has 1 aromatic rings. The molecule has 1 aromatic carbocycles. The largest absolute Gasteiger partial charge is 0.386 e. The Morgan fingerprint density at radius 1 is 0.717 bits per heavy atom. The third kappa shape index (κ3) is 24.1. The highest BCUT2D eigenvalue weighted by atomic mass is 16.5. The number of hydrogen-bond donors (Lipinski definition) is 9. The van der Waals surface area contributed by atoms with Crippen LogP contribution < -0.4 is 43.0 Å². The van der Waals surface area contributed by atoms with Gasteiger partial charge in [0.1, 0.15) is 24.2 Å². The standard InChI is InChI=1S/C65H109N13O14/c1-16-42(8)57(48(91-14)37-52(82)77-34-21-26-47(77)59(92-15)43(9)60(85)70-44(10)58(84)45-23-18-17-19-24-45)76(13)64(89)55(40(4)5)73-63(88)56(41(6)7)75(12)53(83)38-69-61(86)46(25-20-30-68-65(66)90)71-62(87)54(39(2)3)72-49(79)29-31-67-32-36-74(11)33-22-35-78-50(80)27-28-51(78)81/h17-19,23-24,27-28,39-44,46-48,54-59,67,84H,16,20-22,25-26,29-38H2,1-15H3,(H,69,86)(H,70,85)(H,71,87)(H,72,79)(H,73,88)(H3,66,68,90)/t42-,43+,44+,46-,47-,48+,54-,55-,56-,57-,58+,59+/m0/s1. The summed E-state index contributed by atoms with van der Waals surface area (Å²) in [6.07, 6.45) is 2.66. The van der Waals surface area contributed by atoms with Gasteiger partial charge in [0, 0.05) is 86.2 Å². The van der Waals surface area contributed by atoms with Crippen LogP contribution in [0.4, 0.5) is 4.79 Å². The van der Waals surface area contributed by atoms with E-state index in [-0.39, 0.29) is 61.8 Å². The number of aliphatic hydroxyl groups is 1. The summed E-state index contributed by atoms with van der Waals surface area (Å²) in [5.74, 6) is -7.04. The number of imide groups is 1. The molecule has 2 aliphatic heterocycles. The van der Waals surface area contributed by atoms with Gasteiger partial charge in [0.05, 0.1) is 55.3 Å². The second-order valence-corrected chi connectivity index (χ2v) is 25.5. The van der Waals surface area contributed by atoms with Crippen molar-refractivity contribution in [2.45, 2.75) is 181 Å². The fraction of sp³-hybridized carbons (Fsp3) is 0.708. The van der Waals surface area contributed by atoms with E-state index in [4.69, 9.17) is 15.2 Å².